The number of esters is 1. The van der Waals surface area contributed by atoms with E-state index in [2.05, 4.69) is 13.8 Å². The summed E-state index contributed by atoms with van der Waals surface area (Å²) in [5.41, 5.74) is 0.989. The number of carbonyl (C=O) groups is 1. The van der Waals surface area contributed by atoms with Crippen LogP contribution in [-0.2, 0) is 16.1 Å². The number of benzene rings is 1. The Morgan fingerprint density at radius 3 is 2.41 bits per heavy atom. The van der Waals surface area contributed by atoms with Gasteiger partial charge in [-0.15, -0.1) is 0 Å². The Bertz CT molecular complexity index is 411. The van der Waals surface area contributed by atoms with Crippen LogP contribution in [0.5, 0.6) is 5.75 Å². The van der Waals surface area contributed by atoms with Gasteiger partial charge in [-0.25, -0.2) is 0 Å². The molecule has 0 heterocycles. The molecule has 1 aromatic rings. The molecule has 0 amide bonds. The molecule has 0 aromatic heterocycles. The minimum absolute atomic E-state index is 0.0993. The molecular weight excluding hydrogens is 276 g/mol. The average molecular weight is 306 g/mol. The Balaban J connectivity index is 2.05. The van der Waals surface area contributed by atoms with Crippen LogP contribution in [0.1, 0.15) is 64.4 Å². The van der Waals surface area contributed by atoms with Crippen LogP contribution in [0.2, 0.25) is 0 Å². The van der Waals surface area contributed by atoms with Crippen LogP contribution >= 0.6 is 0 Å². The molecule has 0 spiro atoms. The first-order valence-electron chi connectivity index (χ1n) is 8.44. The lowest BCUT2D eigenvalue weighted by Crippen LogP contribution is -2.04. The lowest BCUT2D eigenvalue weighted by molar-refractivity contribution is -0.145. The van der Waals surface area contributed by atoms with Gasteiger partial charge < -0.3 is 9.47 Å². The van der Waals surface area contributed by atoms with Gasteiger partial charge in [0.2, 0.25) is 0 Å². The average Bonchev–Trinajstić information content (AvgIpc) is 2.56. The quantitative estimate of drug-likeness (QED) is 0.420. The van der Waals surface area contributed by atoms with E-state index in [1.807, 2.05) is 24.3 Å². The zero-order valence-electron chi connectivity index (χ0n) is 14.3. The van der Waals surface area contributed by atoms with Gasteiger partial charge >= 0.3 is 5.97 Å². The highest BCUT2D eigenvalue weighted by molar-refractivity contribution is 5.69. The monoisotopic (exact) mass is 306 g/mol. The summed E-state index contributed by atoms with van der Waals surface area (Å²) in [4.78, 5) is 11.7. The van der Waals surface area contributed by atoms with Gasteiger partial charge in [0.1, 0.15) is 12.4 Å². The van der Waals surface area contributed by atoms with Crippen molar-refractivity contribution in [2.24, 2.45) is 5.92 Å². The standard InChI is InChI=1S/C19H30O3/c1-4-16(2)9-7-5-6-8-10-19(20)22-15-17-11-13-18(21-3)14-12-17/h11-14,16H,4-10,15H2,1-3H3. The molecule has 0 bridgehead atoms. The number of hydrogen-bond acceptors (Lipinski definition) is 3. The summed E-state index contributed by atoms with van der Waals surface area (Å²) in [5.74, 6) is 1.54. The number of rotatable bonds is 11. The van der Waals surface area contributed by atoms with E-state index in [0.29, 0.717) is 13.0 Å². The van der Waals surface area contributed by atoms with E-state index in [-0.39, 0.29) is 5.97 Å². The molecule has 0 aliphatic heterocycles. The maximum atomic E-state index is 11.7. The van der Waals surface area contributed by atoms with Crippen LogP contribution in [0.3, 0.4) is 0 Å². The van der Waals surface area contributed by atoms with Gasteiger partial charge in [0.15, 0.2) is 0 Å². The van der Waals surface area contributed by atoms with Gasteiger partial charge in [-0.05, 0) is 30.0 Å². The summed E-state index contributed by atoms with van der Waals surface area (Å²) >= 11 is 0. The summed E-state index contributed by atoms with van der Waals surface area (Å²) in [7, 11) is 1.64. The maximum Gasteiger partial charge on any atom is 0.306 e. The van der Waals surface area contributed by atoms with Gasteiger partial charge in [-0.3, -0.25) is 4.79 Å². The normalized spacial score (nSPS) is 12.0. The molecular formula is C19H30O3. The van der Waals surface area contributed by atoms with Gasteiger partial charge in [0.25, 0.3) is 0 Å². The minimum atomic E-state index is -0.0993. The first kappa shape index (κ1) is 18.5. The van der Waals surface area contributed by atoms with Crippen molar-refractivity contribution in [3.05, 3.63) is 29.8 Å². The SMILES string of the molecule is CCC(C)CCCCCCC(=O)OCc1ccc(OC)cc1. The second-order valence-electron chi connectivity index (χ2n) is 5.98. The molecule has 1 rings (SSSR count). The Kier molecular flexibility index (Phi) is 9.36. The molecule has 0 aliphatic rings. The number of methoxy groups -OCH3 is 1. The number of unbranched alkanes of at least 4 members (excludes halogenated alkanes) is 3. The summed E-state index contributed by atoms with van der Waals surface area (Å²) in [6, 6.07) is 7.59. The van der Waals surface area contributed by atoms with Crippen LogP contribution in [-0.4, -0.2) is 13.1 Å². The van der Waals surface area contributed by atoms with E-state index in [4.69, 9.17) is 9.47 Å². The van der Waals surface area contributed by atoms with E-state index in [0.717, 1.165) is 30.1 Å². The van der Waals surface area contributed by atoms with Crippen LogP contribution in [0.25, 0.3) is 0 Å². The molecule has 22 heavy (non-hydrogen) atoms. The molecule has 0 aliphatic carbocycles. The van der Waals surface area contributed by atoms with Crippen LogP contribution in [0.4, 0.5) is 0 Å². The number of ether oxygens (including phenoxy) is 2. The second kappa shape index (κ2) is 11.1. The molecule has 1 unspecified atom stereocenters. The van der Waals surface area contributed by atoms with Crippen LogP contribution < -0.4 is 4.74 Å². The lowest BCUT2D eigenvalue weighted by atomic mass is 10.0. The third kappa shape index (κ3) is 8.06. The van der Waals surface area contributed by atoms with E-state index < -0.39 is 0 Å². The van der Waals surface area contributed by atoms with Crippen LogP contribution in [0, 0.1) is 5.92 Å². The van der Waals surface area contributed by atoms with E-state index in [1.165, 1.54) is 25.7 Å². The third-order valence-electron chi connectivity index (χ3n) is 4.08. The minimum Gasteiger partial charge on any atom is -0.497 e. The van der Waals surface area contributed by atoms with E-state index in [1.54, 1.807) is 7.11 Å². The highest BCUT2D eigenvalue weighted by Gasteiger charge is 2.04. The third-order valence-corrected chi connectivity index (χ3v) is 4.08. The van der Waals surface area contributed by atoms with Crippen molar-refractivity contribution in [2.75, 3.05) is 7.11 Å². The Hall–Kier alpha value is -1.51. The summed E-state index contributed by atoms with van der Waals surface area (Å²) < 4.78 is 10.4. The fourth-order valence-electron chi connectivity index (χ4n) is 2.28. The molecule has 0 N–H and O–H groups in total. The predicted octanol–water partition coefficient (Wildman–Crippen LogP) is 5.13. The van der Waals surface area contributed by atoms with Gasteiger partial charge in [0.05, 0.1) is 7.11 Å². The highest BCUT2D eigenvalue weighted by Crippen LogP contribution is 2.15. The molecule has 0 saturated carbocycles. The lowest BCUT2D eigenvalue weighted by Gasteiger charge is -2.08. The molecule has 124 valence electrons. The summed E-state index contributed by atoms with van der Waals surface area (Å²) in [6.07, 6.45) is 7.64. The van der Waals surface area contributed by atoms with E-state index in [9.17, 15) is 4.79 Å². The predicted molar refractivity (Wildman–Crippen MR) is 89.9 cm³/mol. The molecule has 0 radical (unpaired) electrons. The molecule has 0 fully saturated rings. The zero-order valence-corrected chi connectivity index (χ0v) is 14.3. The Morgan fingerprint density at radius 1 is 1.09 bits per heavy atom. The summed E-state index contributed by atoms with van der Waals surface area (Å²) in [6.45, 7) is 4.89. The topological polar surface area (TPSA) is 35.5 Å². The highest BCUT2D eigenvalue weighted by atomic mass is 16.5. The fraction of sp³-hybridized carbons (Fsp3) is 0.632. The van der Waals surface area contributed by atoms with Gasteiger partial charge in [-0.2, -0.15) is 0 Å². The van der Waals surface area contributed by atoms with Crippen molar-refractivity contribution in [3.8, 4) is 5.75 Å². The first-order chi connectivity index (χ1) is 10.7. The van der Waals surface area contributed by atoms with Crippen LogP contribution in [0.15, 0.2) is 24.3 Å². The molecule has 3 nitrogen and oxygen atoms in total. The smallest absolute Gasteiger partial charge is 0.306 e. The Labute approximate surface area is 135 Å². The van der Waals surface area contributed by atoms with Crippen molar-refractivity contribution in [1.29, 1.82) is 0 Å². The molecule has 1 atom stereocenters. The van der Waals surface area contributed by atoms with Crippen molar-refractivity contribution in [3.63, 3.8) is 0 Å². The Morgan fingerprint density at radius 2 is 1.77 bits per heavy atom. The van der Waals surface area contributed by atoms with Crippen molar-refractivity contribution >= 4 is 5.97 Å². The molecule has 0 saturated heterocycles. The van der Waals surface area contributed by atoms with Crippen molar-refractivity contribution in [1.82, 2.24) is 0 Å². The largest absolute Gasteiger partial charge is 0.497 e. The molecule has 1 aromatic carbocycles. The number of hydrogen-bond donors (Lipinski definition) is 0. The molecule has 3 heteroatoms. The fourth-order valence-corrected chi connectivity index (χ4v) is 2.28. The maximum absolute atomic E-state index is 11.7. The number of carbonyl (C=O) groups excluding carboxylic acids is 1. The zero-order chi connectivity index (χ0) is 16.2. The van der Waals surface area contributed by atoms with Crippen molar-refractivity contribution < 1.29 is 14.3 Å². The van der Waals surface area contributed by atoms with Gasteiger partial charge in [0, 0.05) is 6.42 Å². The van der Waals surface area contributed by atoms with E-state index >= 15 is 0 Å². The summed E-state index contributed by atoms with van der Waals surface area (Å²) in [5, 5.41) is 0. The second-order valence-corrected chi connectivity index (χ2v) is 5.98. The van der Waals surface area contributed by atoms with Crippen molar-refractivity contribution in [2.45, 2.75) is 65.4 Å². The first-order valence-corrected chi connectivity index (χ1v) is 8.44. The van der Waals surface area contributed by atoms with Gasteiger partial charge in [-0.1, -0.05) is 58.1 Å².